The molecule has 2 N–H and O–H groups in total. The van der Waals surface area contributed by atoms with E-state index in [2.05, 4.69) is 20.7 Å². The Morgan fingerprint density at radius 2 is 2.00 bits per heavy atom. The lowest BCUT2D eigenvalue weighted by molar-refractivity contribution is 0.0786. The number of likely N-dealkylation sites (tertiary alicyclic amines) is 1. The minimum atomic E-state index is -1.26. The van der Waals surface area contributed by atoms with Gasteiger partial charge in [-0.15, -0.1) is 10.2 Å². The molecule has 2 aromatic carbocycles. The monoisotopic (exact) mass is 472 g/mol. The van der Waals surface area contributed by atoms with Gasteiger partial charge in [-0.3, -0.25) is 4.79 Å². The lowest BCUT2D eigenvalue weighted by Gasteiger charge is -2.19. The molecule has 1 aliphatic rings. The van der Waals surface area contributed by atoms with Gasteiger partial charge in [0.1, 0.15) is 24.0 Å². The maximum Gasteiger partial charge on any atom is 0.405 e. The van der Waals surface area contributed by atoms with Crippen molar-refractivity contribution in [3.05, 3.63) is 71.6 Å². The van der Waals surface area contributed by atoms with Crippen molar-refractivity contribution < 1.29 is 28.2 Å². The van der Waals surface area contributed by atoms with E-state index < -0.39 is 23.9 Å². The van der Waals surface area contributed by atoms with E-state index in [1.807, 2.05) is 0 Å². The van der Waals surface area contributed by atoms with Gasteiger partial charge in [0.25, 0.3) is 5.91 Å². The zero-order chi connectivity index (χ0) is 24.1. The number of rotatable bonds is 8. The molecule has 4 rings (SSSR count). The summed E-state index contributed by atoms with van der Waals surface area (Å²) in [4.78, 5) is 26.7. The number of tetrazole rings is 1. The second kappa shape index (κ2) is 10.2. The average molecular weight is 472 g/mol. The molecule has 1 fully saturated rings. The van der Waals surface area contributed by atoms with E-state index in [9.17, 15) is 18.4 Å². The number of nitrogens with zero attached hydrogens (tertiary/aromatic N) is 5. The Kier molecular flexibility index (Phi) is 6.95. The largest absolute Gasteiger partial charge is 0.491 e. The molecule has 0 bridgehead atoms. The molecule has 34 heavy (non-hydrogen) atoms. The topological polar surface area (TPSA) is 122 Å². The number of benzene rings is 2. The predicted octanol–water partition coefficient (Wildman–Crippen LogP) is 2.30. The van der Waals surface area contributed by atoms with E-state index in [4.69, 9.17) is 9.84 Å². The Morgan fingerprint density at radius 3 is 2.68 bits per heavy atom. The van der Waals surface area contributed by atoms with Crippen LogP contribution in [0, 0.1) is 11.6 Å². The highest BCUT2D eigenvalue weighted by atomic mass is 19.1. The Bertz CT molecular complexity index is 1140. The fraction of sp³-hybridized carbons (Fsp3) is 0.318. The van der Waals surface area contributed by atoms with Crippen molar-refractivity contribution in [3.63, 3.8) is 0 Å². The molecule has 0 aliphatic carbocycles. The molecule has 178 valence electrons. The Balaban J connectivity index is 1.37. The van der Waals surface area contributed by atoms with Crippen molar-refractivity contribution in [3.8, 4) is 5.75 Å². The van der Waals surface area contributed by atoms with Gasteiger partial charge in [0.05, 0.1) is 18.2 Å². The number of carboxylic acid groups (broad SMARTS) is 1. The first kappa shape index (κ1) is 23.1. The zero-order valence-electron chi connectivity index (χ0n) is 18.0. The third-order valence-electron chi connectivity index (χ3n) is 5.54. The van der Waals surface area contributed by atoms with Crippen LogP contribution >= 0.6 is 0 Å². The number of aromatic nitrogens is 4. The van der Waals surface area contributed by atoms with Gasteiger partial charge >= 0.3 is 6.09 Å². The van der Waals surface area contributed by atoms with Crippen LogP contribution in [0.25, 0.3) is 0 Å². The zero-order valence-corrected chi connectivity index (χ0v) is 18.0. The minimum Gasteiger partial charge on any atom is -0.491 e. The SMILES string of the molecule is O=C(O)NC(COc1ccc(C(=O)N2CCC(c3ccc(F)cc3)C2)c(F)c1)Cn1ncnn1. The molecule has 2 atom stereocenters. The number of halogens is 2. The Labute approximate surface area is 193 Å². The van der Waals surface area contributed by atoms with E-state index in [-0.39, 0.29) is 36.2 Å². The van der Waals surface area contributed by atoms with Gasteiger partial charge in [0, 0.05) is 25.1 Å². The third-order valence-corrected chi connectivity index (χ3v) is 5.54. The fourth-order valence-corrected chi connectivity index (χ4v) is 3.86. The fourth-order valence-electron chi connectivity index (χ4n) is 3.86. The van der Waals surface area contributed by atoms with Gasteiger partial charge in [-0.2, -0.15) is 4.80 Å². The average Bonchev–Trinajstić information content (AvgIpc) is 3.50. The van der Waals surface area contributed by atoms with Gasteiger partial charge < -0.3 is 20.1 Å². The van der Waals surface area contributed by atoms with Gasteiger partial charge in [0.15, 0.2) is 6.33 Å². The quantitative estimate of drug-likeness (QED) is 0.516. The van der Waals surface area contributed by atoms with Crippen LogP contribution in [0.3, 0.4) is 0 Å². The standard InChI is InChI=1S/C22H22F2N6O4/c23-16-3-1-14(2-4-16)15-7-8-29(10-15)21(31)19-6-5-18(9-20(19)24)34-12-17(27-22(32)33)11-30-26-13-25-28-30/h1-6,9,13,15,17,27H,7-8,10-12H2,(H,32,33). The molecule has 0 radical (unpaired) electrons. The molecule has 2 heterocycles. The summed E-state index contributed by atoms with van der Waals surface area (Å²) in [5.41, 5.74) is 0.852. The van der Waals surface area contributed by atoms with Crippen LogP contribution in [-0.2, 0) is 6.54 Å². The van der Waals surface area contributed by atoms with Crippen LogP contribution in [-0.4, -0.2) is 68.0 Å². The molecular weight excluding hydrogens is 450 g/mol. The summed E-state index contributed by atoms with van der Waals surface area (Å²) >= 11 is 0. The summed E-state index contributed by atoms with van der Waals surface area (Å²) < 4.78 is 33.4. The molecule has 0 spiro atoms. The second-order valence-corrected chi connectivity index (χ2v) is 7.88. The number of hydrogen-bond acceptors (Lipinski definition) is 6. The highest BCUT2D eigenvalue weighted by Gasteiger charge is 2.29. The van der Waals surface area contributed by atoms with Gasteiger partial charge in [-0.1, -0.05) is 12.1 Å². The van der Waals surface area contributed by atoms with Crippen molar-refractivity contribution >= 4 is 12.0 Å². The molecule has 2 unspecified atom stereocenters. The lowest BCUT2D eigenvalue weighted by atomic mass is 9.98. The maximum atomic E-state index is 14.7. The van der Waals surface area contributed by atoms with Gasteiger partial charge in [-0.25, -0.2) is 13.6 Å². The van der Waals surface area contributed by atoms with Gasteiger partial charge in [-0.05, 0) is 41.5 Å². The molecule has 10 nitrogen and oxygen atoms in total. The van der Waals surface area contributed by atoms with E-state index in [1.54, 1.807) is 17.0 Å². The summed E-state index contributed by atoms with van der Waals surface area (Å²) in [5.74, 6) is -1.29. The minimum absolute atomic E-state index is 0.0633. The lowest BCUT2D eigenvalue weighted by Crippen LogP contribution is -2.41. The maximum absolute atomic E-state index is 14.7. The number of amides is 2. The van der Waals surface area contributed by atoms with E-state index in [1.165, 1.54) is 35.4 Å². The number of nitrogens with one attached hydrogen (secondary N) is 1. The molecule has 1 aromatic heterocycles. The smallest absolute Gasteiger partial charge is 0.405 e. The summed E-state index contributed by atoms with van der Waals surface area (Å²) in [6.07, 6.45) is 0.663. The molecule has 1 aliphatic heterocycles. The van der Waals surface area contributed by atoms with E-state index in [0.29, 0.717) is 19.5 Å². The molecule has 0 saturated carbocycles. The van der Waals surface area contributed by atoms with Crippen molar-refractivity contribution in [2.45, 2.75) is 24.9 Å². The summed E-state index contributed by atoms with van der Waals surface area (Å²) in [6, 6.07) is 9.34. The van der Waals surface area contributed by atoms with Crippen LogP contribution in [0.4, 0.5) is 13.6 Å². The van der Waals surface area contributed by atoms with Crippen molar-refractivity contribution in [2.24, 2.45) is 0 Å². The molecule has 12 heteroatoms. The predicted molar refractivity (Wildman–Crippen MR) is 114 cm³/mol. The van der Waals surface area contributed by atoms with Crippen LogP contribution < -0.4 is 10.1 Å². The normalized spacial score (nSPS) is 16.3. The summed E-state index contributed by atoms with van der Waals surface area (Å²) in [6.45, 7) is 0.833. The molecular formula is C22H22F2N6O4. The Morgan fingerprint density at radius 1 is 1.21 bits per heavy atom. The number of carbonyl (C=O) groups excluding carboxylic acids is 1. The van der Waals surface area contributed by atoms with Crippen molar-refractivity contribution in [1.82, 2.24) is 30.4 Å². The molecule has 1 saturated heterocycles. The van der Waals surface area contributed by atoms with Crippen LogP contribution in [0.5, 0.6) is 5.75 Å². The first-order chi connectivity index (χ1) is 16.4. The first-order valence-electron chi connectivity index (χ1n) is 10.6. The molecule has 2 amide bonds. The van der Waals surface area contributed by atoms with Crippen LogP contribution in [0.1, 0.15) is 28.3 Å². The number of ether oxygens (including phenoxy) is 1. The van der Waals surface area contributed by atoms with E-state index in [0.717, 1.165) is 11.6 Å². The Hall–Kier alpha value is -4.09. The second-order valence-electron chi connectivity index (χ2n) is 7.88. The summed E-state index contributed by atoms with van der Waals surface area (Å²) in [5, 5.41) is 22.3. The van der Waals surface area contributed by atoms with Crippen molar-refractivity contribution in [1.29, 1.82) is 0 Å². The van der Waals surface area contributed by atoms with Gasteiger partial charge in [0.2, 0.25) is 0 Å². The summed E-state index contributed by atoms with van der Waals surface area (Å²) in [7, 11) is 0. The van der Waals surface area contributed by atoms with Crippen LogP contribution in [0.2, 0.25) is 0 Å². The first-order valence-corrected chi connectivity index (χ1v) is 10.6. The van der Waals surface area contributed by atoms with E-state index >= 15 is 0 Å². The van der Waals surface area contributed by atoms with Crippen LogP contribution in [0.15, 0.2) is 48.8 Å². The highest BCUT2D eigenvalue weighted by molar-refractivity contribution is 5.94. The van der Waals surface area contributed by atoms with Crippen molar-refractivity contribution in [2.75, 3.05) is 19.7 Å². The number of hydrogen-bond donors (Lipinski definition) is 2. The number of carbonyl (C=O) groups is 2. The molecule has 3 aromatic rings. The third kappa shape index (κ3) is 5.63. The highest BCUT2D eigenvalue weighted by Crippen LogP contribution is 2.29.